The second-order valence-corrected chi connectivity index (χ2v) is 6.58. The molecule has 0 unspecified atom stereocenters. The second kappa shape index (κ2) is 10.4. The Balaban J connectivity index is 1.63. The molecule has 0 aliphatic carbocycles. The van der Waals surface area contributed by atoms with E-state index < -0.39 is 0 Å². The first kappa shape index (κ1) is 21.3. The monoisotopic (exact) mass is 414 g/mol. The number of methoxy groups -OCH3 is 3. The molecular formula is C22H26N2O6. The summed E-state index contributed by atoms with van der Waals surface area (Å²) in [6.45, 7) is 1.67. The highest BCUT2D eigenvalue weighted by atomic mass is 16.5. The van der Waals surface area contributed by atoms with Gasteiger partial charge in [0, 0.05) is 30.8 Å². The van der Waals surface area contributed by atoms with Crippen molar-refractivity contribution in [3.8, 4) is 17.2 Å². The second-order valence-electron chi connectivity index (χ2n) is 6.58. The van der Waals surface area contributed by atoms with Crippen molar-refractivity contribution in [2.75, 3.05) is 33.2 Å². The predicted octanol–water partition coefficient (Wildman–Crippen LogP) is 3.93. The van der Waals surface area contributed by atoms with E-state index in [1.165, 1.54) is 21.3 Å². The van der Waals surface area contributed by atoms with Gasteiger partial charge >= 0.3 is 0 Å². The molecule has 160 valence electrons. The number of hydrogen-bond acceptors (Lipinski definition) is 7. The number of anilines is 1. The summed E-state index contributed by atoms with van der Waals surface area (Å²) in [5, 5.41) is 2.89. The molecule has 0 bridgehead atoms. The molecule has 0 saturated heterocycles. The Bertz CT molecular complexity index is 860. The van der Waals surface area contributed by atoms with Crippen LogP contribution in [0.4, 0.5) is 5.69 Å². The van der Waals surface area contributed by atoms with Gasteiger partial charge < -0.3 is 28.4 Å². The van der Waals surface area contributed by atoms with E-state index in [4.69, 9.17) is 23.0 Å². The third kappa shape index (κ3) is 5.57. The van der Waals surface area contributed by atoms with E-state index in [1.807, 2.05) is 24.3 Å². The largest absolute Gasteiger partial charge is 0.493 e. The summed E-state index contributed by atoms with van der Waals surface area (Å²) >= 11 is 0. The van der Waals surface area contributed by atoms with Gasteiger partial charge in [0.1, 0.15) is 11.5 Å². The van der Waals surface area contributed by atoms with Crippen molar-refractivity contribution < 1.29 is 27.8 Å². The van der Waals surface area contributed by atoms with Crippen LogP contribution in [0.5, 0.6) is 17.2 Å². The van der Waals surface area contributed by atoms with Gasteiger partial charge in [-0.2, -0.15) is 0 Å². The molecule has 8 heteroatoms. The average Bonchev–Trinajstić information content (AvgIpc) is 3.45. The molecule has 1 N–H and O–H groups in total. The van der Waals surface area contributed by atoms with E-state index in [9.17, 15) is 4.79 Å². The zero-order chi connectivity index (χ0) is 21.3. The predicted molar refractivity (Wildman–Crippen MR) is 111 cm³/mol. The van der Waals surface area contributed by atoms with Crippen molar-refractivity contribution in [3.63, 3.8) is 0 Å². The number of nitrogens with zero attached hydrogens (tertiary/aromatic N) is 1. The maximum Gasteiger partial charge on any atom is 0.225 e. The van der Waals surface area contributed by atoms with Crippen molar-refractivity contribution in [1.29, 1.82) is 0 Å². The van der Waals surface area contributed by atoms with Crippen LogP contribution in [0.2, 0.25) is 0 Å². The number of hydrogen-bond donors (Lipinski definition) is 1. The molecule has 2 aromatic heterocycles. The zero-order valence-corrected chi connectivity index (χ0v) is 17.3. The number of amides is 1. The van der Waals surface area contributed by atoms with Gasteiger partial charge in [-0.25, -0.2) is 0 Å². The third-order valence-corrected chi connectivity index (χ3v) is 4.52. The Morgan fingerprint density at radius 2 is 1.50 bits per heavy atom. The van der Waals surface area contributed by atoms with Gasteiger partial charge in [-0.1, -0.05) is 0 Å². The summed E-state index contributed by atoms with van der Waals surface area (Å²) in [5.74, 6) is 2.95. The van der Waals surface area contributed by atoms with Gasteiger partial charge in [0.25, 0.3) is 0 Å². The molecule has 0 aliphatic rings. The first-order valence-corrected chi connectivity index (χ1v) is 9.50. The smallest absolute Gasteiger partial charge is 0.225 e. The first-order valence-electron chi connectivity index (χ1n) is 9.50. The van der Waals surface area contributed by atoms with Gasteiger partial charge in [-0.15, -0.1) is 0 Å². The Morgan fingerprint density at radius 1 is 0.933 bits per heavy atom. The Labute approximate surface area is 175 Å². The highest BCUT2D eigenvalue weighted by Gasteiger charge is 2.16. The number of carbonyl (C=O) groups is 1. The summed E-state index contributed by atoms with van der Waals surface area (Å²) in [5.41, 5.74) is 0.568. The van der Waals surface area contributed by atoms with E-state index in [1.54, 1.807) is 24.7 Å². The summed E-state index contributed by atoms with van der Waals surface area (Å²) < 4.78 is 26.9. The van der Waals surface area contributed by atoms with Crippen LogP contribution in [0.25, 0.3) is 0 Å². The van der Waals surface area contributed by atoms with E-state index in [0.29, 0.717) is 42.6 Å². The molecule has 0 saturated carbocycles. The third-order valence-electron chi connectivity index (χ3n) is 4.52. The van der Waals surface area contributed by atoms with E-state index in [0.717, 1.165) is 11.5 Å². The minimum Gasteiger partial charge on any atom is -0.493 e. The minimum atomic E-state index is -0.131. The molecule has 0 atom stereocenters. The molecule has 2 heterocycles. The van der Waals surface area contributed by atoms with Crippen LogP contribution >= 0.6 is 0 Å². The van der Waals surface area contributed by atoms with Gasteiger partial charge in [0.05, 0.1) is 46.9 Å². The molecular weight excluding hydrogens is 388 g/mol. The standard InChI is InChI=1S/C22H26N2O6/c1-26-19-12-16(13-20(27-2)22(19)28-3)23-21(25)8-9-24(14-17-6-4-10-29-17)15-18-7-5-11-30-18/h4-7,10-13H,8-9,14-15H2,1-3H3,(H,23,25). The number of carbonyl (C=O) groups excluding carboxylic acids is 1. The van der Waals surface area contributed by atoms with Crippen molar-refractivity contribution in [2.24, 2.45) is 0 Å². The lowest BCUT2D eigenvalue weighted by molar-refractivity contribution is -0.116. The number of ether oxygens (including phenoxy) is 3. The van der Waals surface area contributed by atoms with Gasteiger partial charge in [0.15, 0.2) is 11.5 Å². The van der Waals surface area contributed by atoms with Crippen LogP contribution in [0.1, 0.15) is 17.9 Å². The topological polar surface area (TPSA) is 86.3 Å². The summed E-state index contributed by atoms with van der Waals surface area (Å²) in [4.78, 5) is 14.7. The fraction of sp³-hybridized carbons (Fsp3) is 0.318. The van der Waals surface area contributed by atoms with Crippen LogP contribution < -0.4 is 19.5 Å². The SMILES string of the molecule is COc1cc(NC(=O)CCN(Cc2ccco2)Cc2ccco2)cc(OC)c1OC. The van der Waals surface area contributed by atoms with Crippen LogP contribution in [0, 0.1) is 0 Å². The number of benzene rings is 1. The molecule has 8 nitrogen and oxygen atoms in total. The highest BCUT2D eigenvalue weighted by molar-refractivity contribution is 5.91. The van der Waals surface area contributed by atoms with Crippen LogP contribution in [0.15, 0.2) is 57.8 Å². The Hall–Kier alpha value is -3.39. The average molecular weight is 414 g/mol. The van der Waals surface area contributed by atoms with Crippen molar-refractivity contribution in [3.05, 3.63) is 60.4 Å². The molecule has 3 aromatic rings. The van der Waals surface area contributed by atoms with Crippen LogP contribution in [-0.2, 0) is 17.9 Å². The van der Waals surface area contributed by atoms with Crippen molar-refractivity contribution in [2.45, 2.75) is 19.5 Å². The minimum absolute atomic E-state index is 0.131. The normalized spacial score (nSPS) is 10.8. The lowest BCUT2D eigenvalue weighted by atomic mass is 10.2. The molecule has 0 radical (unpaired) electrons. The Kier molecular flexibility index (Phi) is 7.40. The molecule has 1 amide bonds. The maximum atomic E-state index is 12.6. The Morgan fingerprint density at radius 3 is 1.93 bits per heavy atom. The van der Waals surface area contributed by atoms with E-state index in [2.05, 4.69) is 10.2 Å². The summed E-state index contributed by atoms with van der Waals surface area (Å²) in [6.07, 6.45) is 3.56. The van der Waals surface area contributed by atoms with Crippen LogP contribution in [0.3, 0.4) is 0 Å². The number of furan rings is 2. The quantitative estimate of drug-likeness (QED) is 0.509. The van der Waals surface area contributed by atoms with Gasteiger partial charge in [0.2, 0.25) is 11.7 Å². The van der Waals surface area contributed by atoms with Gasteiger partial charge in [-0.3, -0.25) is 9.69 Å². The lowest BCUT2D eigenvalue weighted by Gasteiger charge is -2.20. The lowest BCUT2D eigenvalue weighted by Crippen LogP contribution is -2.27. The zero-order valence-electron chi connectivity index (χ0n) is 17.3. The summed E-state index contributed by atoms with van der Waals surface area (Å²) in [7, 11) is 4.60. The molecule has 0 spiro atoms. The molecule has 0 aliphatic heterocycles. The van der Waals surface area contributed by atoms with Crippen LogP contribution in [-0.4, -0.2) is 38.7 Å². The highest BCUT2D eigenvalue weighted by Crippen LogP contribution is 2.39. The van der Waals surface area contributed by atoms with Crippen molar-refractivity contribution >= 4 is 11.6 Å². The molecule has 30 heavy (non-hydrogen) atoms. The summed E-state index contributed by atoms with van der Waals surface area (Å²) in [6, 6.07) is 10.9. The van der Waals surface area contributed by atoms with E-state index in [-0.39, 0.29) is 12.3 Å². The number of rotatable bonds is 11. The maximum absolute atomic E-state index is 12.6. The fourth-order valence-corrected chi connectivity index (χ4v) is 3.10. The molecule has 3 rings (SSSR count). The first-order chi connectivity index (χ1) is 14.6. The molecule has 0 fully saturated rings. The van der Waals surface area contributed by atoms with Crippen molar-refractivity contribution in [1.82, 2.24) is 4.90 Å². The van der Waals surface area contributed by atoms with Gasteiger partial charge in [-0.05, 0) is 24.3 Å². The molecule has 1 aromatic carbocycles. The number of nitrogens with one attached hydrogen (secondary N) is 1. The fourth-order valence-electron chi connectivity index (χ4n) is 3.10. The van der Waals surface area contributed by atoms with E-state index >= 15 is 0 Å².